The third-order valence-electron chi connectivity index (χ3n) is 4.01. The summed E-state index contributed by atoms with van der Waals surface area (Å²) in [4.78, 5) is 12.4. The summed E-state index contributed by atoms with van der Waals surface area (Å²) in [5.41, 5.74) is 1.24. The molecule has 0 heterocycles. The molecule has 0 aliphatic heterocycles. The molecule has 2 aliphatic carbocycles. The zero-order valence-corrected chi connectivity index (χ0v) is 11.4. The lowest BCUT2D eigenvalue weighted by Gasteiger charge is -2.22. The van der Waals surface area contributed by atoms with E-state index in [4.69, 9.17) is 0 Å². The minimum atomic E-state index is -0.0319. The fourth-order valence-electron chi connectivity index (χ4n) is 2.89. The van der Waals surface area contributed by atoms with Crippen molar-refractivity contribution >= 4 is 5.78 Å². The van der Waals surface area contributed by atoms with Crippen LogP contribution in [0.2, 0.25) is 0 Å². The van der Waals surface area contributed by atoms with Crippen LogP contribution in [0.3, 0.4) is 0 Å². The van der Waals surface area contributed by atoms with Gasteiger partial charge in [-0.25, -0.2) is 0 Å². The molecule has 0 saturated heterocycles. The van der Waals surface area contributed by atoms with Crippen LogP contribution in [-0.2, 0) is 4.79 Å². The summed E-state index contributed by atoms with van der Waals surface area (Å²) in [6, 6.07) is 10.4. The van der Waals surface area contributed by atoms with E-state index >= 15 is 0 Å². The van der Waals surface area contributed by atoms with Crippen molar-refractivity contribution < 1.29 is 4.79 Å². The van der Waals surface area contributed by atoms with Crippen LogP contribution in [0.15, 0.2) is 78.9 Å². The Hall–Kier alpha value is -2.15. The van der Waals surface area contributed by atoms with E-state index in [9.17, 15) is 4.79 Å². The first-order valence-electron chi connectivity index (χ1n) is 7.12. The average Bonchev–Trinajstić information content (AvgIpc) is 3.18. The SMILES string of the molecule is O=C(C[C@H](c1ccccc1)C1C=CC=C1)C1C=CC=C1. The summed E-state index contributed by atoms with van der Waals surface area (Å²) in [6.45, 7) is 0. The zero-order chi connectivity index (χ0) is 13.8. The van der Waals surface area contributed by atoms with Gasteiger partial charge in [-0.3, -0.25) is 4.79 Å². The maximum Gasteiger partial charge on any atom is 0.144 e. The summed E-state index contributed by atoms with van der Waals surface area (Å²) in [6.07, 6.45) is 17.0. The molecule has 1 nitrogen and oxygen atoms in total. The molecule has 100 valence electrons. The van der Waals surface area contributed by atoms with Crippen molar-refractivity contribution in [2.75, 3.05) is 0 Å². The lowest BCUT2D eigenvalue weighted by Crippen LogP contribution is -2.17. The van der Waals surface area contributed by atoms with E-state index in [-0.39, 0.29) is 11.8 Å². The van der Waals surface area contributed by atoms with Crippen molar-refractivity contribution in [2.45, 2.75) is 12.3 Å². The van der Waals surface area contributed by atoms with Gasteiger partial charge in [-0.15, -0.1) is 0 Å². The van der Waals surface area contributed by atoms with Gasteiger partial charge >= 0.3 is 0 Å². The molecule has 0 fully saturated rings. The van der Waals surface area contributed by atoms with E-state index in [1.54, 1.807) is 0 Å². The third-order valence-corrected chi connectivity index (χ3v) is 4.01. The molecular formula is C19H18O. The number of hydrogen-bond acceptors (Lipinski definition) is 1. The number of rotatable bonds is 5. The highest BCUT2D eigenvalue weighted by Gasteiger charge is 2.25. The first-order chi connectivity index (χ1) is 9.84. The minimum Gasteiger partial charge on any atom is -0.299 e. The number of allylic oxidation sites excluding steroid dienone is 8. The molecule has 1 heteroatoms. The molecule has 0 bridgehead atoms. The van der Waals surface area contributed by atoms with Gasteiger partial charge in [0, 0.05) is 18.3 Å². The van der Waals surface area contributed by atoms with Crippen molar-refractivity contribution in [1.82, 2.24) is 0 Å². The van der Waals surface area contributed by atoms with Gasteiger partial charge in [0.15, 0.2) is 0 Å². The zero-order valence-electron chi connectivity index (χ0n) is 11.4. The molecule has 1 aromatic rings. The van der Waals surface area contributed by atoms with Gasteiger partial charge in [-0.1, -0.05) is 78.9 Å². The Morgan fingerprint density at radius 3 is 2.15 bits per heavy atom. The summed E-state index contributed by atoms with van der Waals surface area (Å²) >= 11 is 0. The molecule has 0 radical (unpaired) electrons. The monoisotopic (exact) mass is 262 g/mol. The summed E-state index contributed by atoms with van der Waals surface area (Å²) in [5, 5.41) is 0. The fourth-order valence-corrected chi connectivity index (χ4v) is 2.89. The van der Waals surface area contributed by atoms with Crippen LogP contribution in [-0.4, -0.2) is 5.78 Å². The first kappa shape index (κ1) is 12.9. The van der Waals surface area contributed by atoms with Gasteiger partial charge in [0.05, 0.1) is 5.92 Å². The van der Waals surface area contributed by atoms with Crippen LogP contribution in [0.5, 0.6) is 0 Å². The molecule has 0 N–H and O–H groups in total. The Morgan fingerprint density at radius 1 is 0.900 bits per heavy atom. The van der Waals surface area contributed by atoms with Crippen molar-refractivity contribution in [1.29, 1.82) is 0 Å². The van der Waals surface area contributed by atoms with Crippen molar-refractivity contribution in [2.24, 2.45) is 11.8 Å². The highest BCUT2D eigenvalue weighted by atomic mass is 16.1. The van der Waals surface area contributed by atoms with Crippen LogP contribution in [0, 0.1) is 11.8 Å². The van der Waals surface area contributed by atoms with Crippen LogP contribution in [0.1, 0.15) is 17.9 Å². The van der Waals surface area contributed by atoms with Crippen LogP contribution in [0.4, 0.5) is 0 Å². The van der Waals surface area contributed by atoms with Gasteiger partial charge in [0.2, 0.25) is 0 Å². The smallest absolute Gasteiger partial charge is 0.144 e. The van der Waals surface area contributed by atoms with Crippen LogP contribution in [0.25, 0.3) is 0 Å². The maximum atomic E-state index is 12.4. The number of benzene rings is 1. The lowest BCUT2D eigenvalue weighted by molar-refractivity contribution is -0.120. The average molecular weight is 262 g/mol. The number of carbonyl (C=O) groups excluding carboxylic acids is 1. The topological polar surface area (TPSA) is 17.1 Å². The quantitative estimate of drug-likeness (QED) is 0.776. The van der Waals surface area contributed by atoms with Crippen molar-refractivity contribution in [3.63, 3.8) is 0 Å². The highest BCUT2D eigenvalue weighted by molar-refractivity contribution is 5.86. The van der Waals surface area contributed by atoms with Gasteiger partial charge in [0.1, 0.15) is 5.78 Å². The van der Waals surface area contributed by atoms with Crippen LogP contribution >= 0.6 is 0 Å². The lowest BCUT2D eigenvalue weighted by atomic mass is 9.81. The Balaban J connectivity index is 1.80. The molecule has 20 heavy (non-hydrogen) atoms. The Labute approximate surface area is 120 Å². The largest absolute Gasteiger partial charge is 0.299 e. The van der Waals surface area contributed by atoms with E-state index < -0.39 is 0 Å². The van der Waals surface area contributed by atoms with E-state index in [2.05, 4.69) is 36.4 Å². The van der Waals surface area contributed by atoms with Gasteiger partial charge in [-0.2, -0.15) is 0 Å². The molecule has 0 saturated carbocycles. The summed E-state index contributed by atoms with van der Waals surface area (Å²) in [5.74, 6) is 0.838. The third kappa shape index (κ3) is 2.72. The van der Waals surface area contributed by atoms with E-state index in [1.165, 1.54) is 5.56 Å². The highest BCUT2D eigenvalue weighted by Crippen LogP contribution is 2.34. The second kappa shape index (κ2) is 5.87. The molecule has 0 aromatic heterocycles. The summed E-state index contributed by atoms with van der Waals surface area (Å²) < 4.78 is 0. The number of carbonyl (C=O) groups is 1. The van der Waals surface area contributed by atoms with Gasteiger partial charge in [-0.05, 0) is 5.56 Å². The van der Waals surface area contributed by atoms with E-state index in [1.807, 2.05) is 42.5 Å². The molecule has 0 amide bonds. The normalized spacial score (nSPS) is 19.0. The van der Waals surface area contributed by atoms with Gasteiger partial charge in [0.25, 0.3) is 0 Å². The molecular weight excluding hydrogens is 244 g/mol. The Bertz CT molecular complexity index is 565. The predicted molar refractivity (Wildman–Crippen MR) is 82.3 cm³/mol. The standard InChI is InChI=1S/C19H18O/c20-19(17-12-6-7-13-17)14-18(16-10-4-5-11-16)15-8-2-1-3-9-15/h1-13,16-18H,14H2/t18-/m1/s1. The van der Waals surface area contributed by atoms with Crippen molar-refractivity contribution in [3.05, 3.63) is 84.5 Å². The fraction of sp³-hybridized carbons (Fsp3) is 0.211. The van der Waals surface area contributed by atoms with E-state index in [0.29, 0.717) is 18.1 Å². The van der Waals surface area contributed by atoms with Crippen molar-refractivity contribution in [3.8, 4) is 0 Å². The molecule has 0 unspecified atom stereocenters. The molecule has 1 atom stereocenters. The molecule has 0 spiro atoms. The second-order valence-electron chi connectivity index (χ2n) is 5.33. The number of ketones is 1. The second-order valence-corrected chi connectivity index (χ2v) is 5.33. The van der Waals surface area contributed by atoms with Gasteiger partial charge < -0.3 is 0 Å². The van der Waals surface area contributed by atoms with Crippen LogP contribution < -0.4 is 0 Å². The first-order valence-corrected chi connectivity index (χ1v) is 7.12. The molecule has 2 aliphatic rings. The Morgan fingerprint density at radius 2 is 1.50 bits per heavy atom. The number of Topliss-reactive ketones (excluding diaryl/α,β-unsaturated/α-hetero) is 1. The predicted octanol–water partition coefficient (Wildman–Crippen LogP) is 4.21. The number of hydrogen-bond donors (Lipinski definition) is 0. The Kier molecular flexibility index (Phi) is 3.78. The maximum absolute atomic E-state index is 12.4. The van der Waals surface area contributed by atoms with E-state index in [0.717, 1.165) is 0 Å². The molecule has 1 aromatic carbocycles. The molecule has 3 rings (SSSR count). The minimum absolute atomic E-state index is 0.0319. The summed E-state index contributed by atoms with van der Waals surface area (Å²) in [7, 11) is 0.